The summed E-state index contributed by atoms with van der Waals surface area (Å²) in [6.45, 7) is 7.01. The second-order valence-electron chi connectivity index (χ2n) is 5.40. The number of benzene rings is 1. The predicted octanol–water partition coefficient (Wildman–Crippen LogP) is 2.57. The van der Waals surface area contributed by atoms with Crippen LogP contribution in [-0.2, 0) is 6.42 Å². The number of para-hydroxylation sites is 1. The average molecular weight is 326 g/mol. The first-order valence-corrected chi connectivity index (χ1v) is 8.39. The maximum Gasteiger partial charge on any atom is 0.191 e. The monoisotopic (exact) mass is 326 g/mol. The first kappa shape index (κ1) is 17.8. The Bertz CT molecular complexity index is 628. The van der Waals surface area contributed by atoms with Crippen LogP contribution in [0.5, 0.6) is 5.75 Å². The fourth-order valence-electron chi connectivity index (χ4n) is 2.27. The molecule has 0 spiro atoms. The van der Waals surface area contributed by atoms with E-state index >= 15 is 0 Å². The quantitative estimate of drug-likeness (QED) is 0.445. The molecule has 0 bridgehead atoms. The number of hydrogen-bond donors (Lipinski definition) is 2. The largest absolute Gasteiger partial charge is 0.492 e. The Morgan fingerprint density at radius 1 is 1.17 bits per heavy atom. The highest BCUT2D eigenvalue weighted by atomic mass is 16.5. The van der Waals surface area contributed by atoms with Crippen LogP contribution in [0.1, 0.15) is 18.1 Å². The minimum atomic E-state index is 0.595. The number of rotatable bonds is 8. The van der Waals surface area contributed by atoms with Crippen LogP contribution in [0.4, 0.5) is 0 Å². The molecular formula is C19H26N4O. The molecule has 5 nitrogen and oxygen atoms in total. The van der Waals surface area contributed by atoms with Gasteiger partial charge in [-0.25, -0.2) is 0 Å². The van der Waals surface area contributed by atoms with Gasteiger partial charge in [0.1, 0.15) is 12.4 Å². The maximum atomic E-state index is 5.67. The van der Waals surface area contributed by atoms with E-state index in [1.807, 2.05) is 42.7 Å². The van der Waals surface area contributed by atoms with Gasteiger partial charge in [-0.3, -0.25) is 9.98 Å². The molecule has 0 aliphatic rings. The number of aromatic nitrogens is 1. The molecule has 0 amide bonds. The Kier molecular flexibility index (Phi) is 7.60. The first-order chi connectivity index (χ1) is 11.8. The lowest BCUT2D eigenvalue weighted by atomic mass is 10.1. The Morgan fingerprint density at radius 2 is 2.00 bits per heavy atom. The number of aliphatic imine (C=N–C) groups is 1. The van der Waals surface area contributed by atoms with Crippen molar-refractivity contribution < 1.29 is 4.74 Å². The summed E-state index contributed by atoms with van der Waals surface area (Å²) in [4.78, 5) is 8.73. The smallest absolute Gasteiger partial charge is 0.191 e. The summed E-state index contributed by atoms with van der Waals surface area (Å²) in [5, 5.41) is 6.55. The number of nitrogens with zero attached hydrogens (tertiary/aromatic N) is 2. The molecule has 0 saturated carbocycles. The lowest BCUT2D eigenvalue weighted by Crippen LogP contribution is -2.39. The second kappa shape index (κ2) is 10.3. The van der Waals surface area contributed by atoms with Crippen molar-refractivity contribution in [2.75, 3.05) is 26.2 Å². The first-order valence-electron chi connectivity index (χ1n) is 8.39. The maximum absolute atomic E-state index is 5.67. The Labute approximate surface area is 144 Å². The number of pyridine rings is 1. The summed E-state index contributed by atoms with van der Waals surface area (Å²) in [5.41, 5.74) is 2.50. The molecular weight excluding hydrogens is 300 g/mol. The van der Waals surface area contributed by atoms with E-state index in [1.165, 1.54) is 11.1 Å². The average Bonchev–Trinajstić information content (AvgIpc) is 2.61. The van der Waals surface area contributed by atoms with Gasteiger partial charge in [0.15, 0.2) is 5.96 Å². The zero-order valence-electron chi connectivity index (χ0n) is 14.5. The lowest BCUT2D eigenvalue weighted by molar-refractivity contribution is 0.322. The van der Waals surface area contributed by atoms with Gasteiger partial charge in [-0.2, -0.15) is 0 Å². The third kappa shape index (κ3) is 6.28. The Morgan fingerprint density at radius 3 is 2.75 bits per heavy atom. The molecule has 1 heterocycles. The Hall–Kier alpha value is -2.56. The zero-order valence-corrected chi connectivity index (χ0v) is 14.5. The van der Waals surface area contributed by atoms with Crippen LogP contribution in [0.25, 0.3) is 0 Å². The van der Waals surface area contributed by atoms with Crippen molar-refractivity contribution in [1.29, 1.82) is 0 Å². The van der Waals surface area contributed by atoms with E-state index < -0.39 is 0 Å². The molecule has 0 aliphatic heterocycles. The minimum Gasteiger partial charge on any atom is -0.492 e. The third-order valence-corrected chi connectivity index (χ3v) is 3.54. The van der Waals surface area contributed by atoms with Gasteiger partial charge in [0, 0.05) is 25.5 Å². The fourth-order valence-corrected chi connectivity index (χ4v) is 2.27. The zero-order chi connectivity index (χ0) is 17.0. The molecule has 0 fully saturated rings. The van der Waals surface area contributed by atoms with Crippen molar-refractivity contribution in [3.63, 3.8) is 0 Å². The number of guanidine groups is 1. The van der Waals surface area contributed by atoms with Gasteiger partial charge < -0.3 is 15.4 Å². The van der Waals surface area contributed by atoms with Crippen LogP contribution in [-0.4, -0.2) is 37.2 Å². The van der Waals surface area contributed by atoms with Crippen molar-refractivity contribution in [2.24, 2.45) is 4.99 Å². The molecule has 2 rings (SSSR count). The number of ether oxygens (including phenoxy) is 1. The third-order valence-electron chi connectivity index (χ3n) is 3.54. The van der Waals surface area contributed by atoms with E-state index in [4.69, 9.17) is 4.74 Å². The van der Waals surface area contributed by atoms with Gasteiger partial charge in [-0.05, 0) is 49.6 Å². The summed E-state index contributed by atoms with van der Waals surface area (Å²) in [6.07, 6.45) is 4.63. The van der Waals surface area contributed by atoms with Gasteiger partial charge in [-0.1, -0.05) is 18.2 Å². The van der Waals surface area contributed by atoms with E-state index in [2.05, 4.69) is 40.5 Å². The second-order valence-corrected chi connectivity index (χ2v) is 5.40. The SMILES string of the molecule is CCNC(=NCCc1ccncc1C)NCCOc1ccccc1. The molecule has 5 heteroatoms. The van der Waals surface area contributed by atoms with Crippen LogP contribution < -0.4 is 15.4 Å². The molecule has 0 radical (unpaired) electrons. The number of hydrogen-bond acceptors (Lipinski definition) is 3. The molecule has 2 aromatic rings. The van der Waals surface area contributed by atoms with Crippen LogP contribution in [0, 0.1) is 6.92 Å². The van der Waals surface area contributed by atoms with Crippen molar-refractivity contribution in [3.8, 4) is 5.75 Å². The van der Waals surface area contributed by atoms with Crippen LogP contribution >= 0.6 is 0 Å². The van der Waals surface area contributed by atoms with Crippen LogP contribution in [0.3, 0.4) is 0 Å². The normalized spacial score (nSPS) is 11.2. The highest BCUT2D eigenvalue weighted by molar-refractivity contribution is 5.79. The van der Waals surface area contributed by atoms with Crippen molar-refractivity contribution in [3.05, 3.63) is 59.9 Å². The summed E-state index contributed by atoms with van der Waals surface area (Å²) < 4.78 is 5.67. The molecule has 1 aromatic heterocycles. The molecule has 1 aromatic carbocycles. The minimum absolute atomic E-state index is 0.595. The highest BCUT2D eigenvalue weighted by Gasteiger charge is 2.00. The van der Waals surface area contributed by atoms with Gasteiger partial charge in [0.2, 0.25) is 0 Å². The molecule has 128 valence electrons. The van der Waals surface area contributed by atoms with Crippen LogP contribution in [0.15, 0.2) is 53.8 Å². The predicted molar refractivity (Wildman–Crippen MR) is 98.6 cm³/mol. The van der Waals surface area contributed by atoms with Crippen molar-refractivity contribution in [1.82, 2.24) is 15.6 Å². The fraction of sp³-hybridized carbons (Fsp3) is 0.368. The topological polar surface area (TPSA) is 58.5 Å². The molecule has 0 atom stereocenters. The Balaban J connectivity index is 1.75. The summed E-state index contributed by atoms with van der Waals surface area (Å²) in [7, 11) is 0. The van der Waals surface area contributed by atoms with Crippen molar-refractivity contribution >= 4 is 5.96 Å². The number of nitrogens with one attached hydrogen (secondary N) is 2. The molecule has 0 aliphatic carbocycles. The highest BCUT2D eigenvalue weighted by Crippen LogP contribution is 2.07. The molecule has 0 unspecified atom stereocenters. The van der Waals surface area contributed by atoms with Gasteiger partial charge >= 0.3 is 0 Å². The van der Waals surface area contributed by atoms with E-state index in [9.17, 15) is 0 Å². The summed E-state index contributed by atoms with van der Waals surface area (Å²) >= 11 is 0. The lowest BCUT2D eigenvalue weighted by Gasteiger charge is -2.12. The van der Waals surface area contributed by atoms with E-state index in [0.29, 0.717) is 13.2 Å². The molecule has 24 heavy (non-hydrogen) atoms. The molecule has 2 N–H and O–H groups in total. The summed E-state index contributed by atoms with van der Waals surface area (Å²) in [5.74, 6) is 1.70. The standard InChI is InChI=1S/C19H26N4O/c1-3-21-19(22-12-10-17-9-11-20-15-16(17)2)23-13-14-24-18-7-5-4-6-8-18/h4-9,11,15H,3,10,12-14H2,1-2H3,(H2,21,22,23). The van der Waals surface area contributed by atoms with Gasteiger partial charge in [0.05, 0.1) is 6.54 Å². The molecule has 0 saturated heterocycles. The summed E-state index contributed by atoms with van der Waals surface area (Å²) in [6, 6.07) is 11.9. The van der Waals surface area contributed by atoms with Gasteiger partial charge in [0.25, 0.3) is 0 Å². The van der Waals surface area contributed by atoms with Gasteiger partial charge in [-0.15, -0.1) is 0 Å². The van der Waals surface area contributed by atoms with E-state index in [-0.39, 0.29) is 0 Å². The van der Waals surface area contributed by atoms with Crippen molar-refractivity contribution in [2.45, 2.75) is 20.3 Å². The van der Waals surface area contributed by atoms with Crippen LogP contribution in [0.2, 0.25) is 0 Å². The number of aryl methyl sites for hydroxylation is 1. The van der Waals surface area contributed by atoms with E-state index in [1.54, 1.807) is 0 Å². The van der Waals surface area contributed by atoms with E-state index in [0.717, 1.165) is 31.2 Å².